The second-order valence-corrected chi connectivity index (χ2v) is 4.51. The van der Waals surface area contributed by atoms with Crippen molar-refractivity contribution in [2.45, 2.75) is 23.7 Å². The average molecular weight is 252 g/mol. The van der Waals surface area contributed by atoms with E-state index in [0.717, 1.165) is 0 Å². The second kappa shape index (κ2) is 4.72. The molecule has 0 unspecified atom stereocenters. The first-order valence-corrected chi connectivity index (χ1v) is 5.79. The summed E-state index contributed by atoms with van der Waals surface area (Å²) < 4.78 is 1.77. The normalized spacial score (nSPS) is 10.8. The predicted molar refractivity (Wildman–Crippen MR) is 62.8 cm³/mol. The van der Waals surface area contributed by atoms with Crippen LogP contribution in [0.15, 0.2) is 27.2 Å². The van der Waals surface area contributed by atoms with Crippen molar-refractivity contribution < 1.29 is 5.11 Å². The smallest absolute Gasteiger partial charge is 0.251 e. The highest BCUT2D eigenvalue weighted by molar-refractivity contribution is 7.99. The molecule has 0 saturated heterocycles. The van der Waals surface area contributed by atoms with Gasteiger partial charge in [0, 0.05) is 13.1 Å². The van der Waals surface area contributed by atoms with E-state index >= 15 is 0 Å². The number of aromatic nitrogens is 4. The Kier molecular flexibility index (Phi) is 3.30. The van der Waals surface area contributed by atoms with Gasteiger partial charge in [0.25, 0.3) is 5.56 Å². The SMILES string of the molecule is Cc1nc(Sc2ncc(CO)n2C)cc(=O)[nH]1. The van der Waals surface area contributed by atoms with Gasteiger partial charge in [-0.25, -0.2) is 9.97 Å². The first kappa shape index (κ1) is 11.9. The molecular formula is C10H12N4O2S. The minimum atomic E-state index is -0.184. The summed E-state index contributed by atoms with van der Waals surface area (Å²) >= 11 is 1.29. The molecule has 0 aliphatic rings. The van der Waals surface area contributed by atoms with Gasteiger partial charge in [-0.05, 0) is 18.7 Å². The Labute approximate surface area is 102 Å². The van der Waals surface area contributed by atoms with Crippen molar-refractivity contribution in [2.24, 2.45) is 7.05 Å². The lowest BCUT2D eigenvalue weighted by Gasteiger charge is -2.03. The number of aliphatic hydroxyl groups is 1. The van der Waals surface area contributed by atoms with E-state index in [2.05, 4.69) is 15.0 Å². The molecule has 2 heterocycles. The number of hydrogen-bond acceptors (Lipinski definition) is 5. The van der Waals surface area contributed by atoms with Gasteiger partial charge < -0.3 is 14.7 Å². The Balaban J connectivity index is 2.31. The van der Waals surface area contributed by atoms with E-state index in [9.17, 15) is 4.79 Å². The summed E-state index contributed by atoms with van der Waals surface area (Å²) in [6, 6.07) is 1.42. The molecule has 2 aromatic rings. The van der Waals surface area contributed by atoms with E-state index in [1.807, 2.05) is 0 Å². The first-order chi connectivity index (χ1) is 8.10. The van der Waals surface area contributed by atoms with Crippen LogP contribution in [0, 0.1) is 6.92 Å². The van der Waals surface area contributed by atoms with Gasteiger partial charge in [-0.2, -0.15) is 0 Å². The standard InChI is InChI=1S/C10H12N4O2S/c1-6-12-8(16)3-9(13-6)17-10-11-4-7(5-15)14(10)2/h3-4,15H,5H2,1-2H3,(H,12,13,16). The number of hydrogen-bond donors (Lipinski definition) is 2. The van der Waals surface area contributed by atoms with Crippen molar-refractivity contribution in [3.63, 3.8) is 0 Å². The molecule has 0 amide bonds. The Bertz CT molecular complexity index is 590. The zero-order chi connectivity index (χ0) is 12.4. The van der Waals surface area contributed by atoms with Gasteiger partial charge in [0.05, 0.1) is 18.5 Å². The van der Waals surface area contributed by atoms with Crippen molar-refractivity contribution in [1.29, 1.82) is 0 Å². The summed E-state index contributed by atoms with van der Waals surface area (Å²) in [5, 5.41) is 10.3. The lowest BCUT2D eigenvalue weighted by Crippen LogP contribution is -2.08. The van der Waals surface area contributed by atoms with Gasteiger partial charge in [0.15, 0.2) is 5.16 Å². The minimum absolute atomic E-state index is 0.0636. The van der Waals surface area contributed by atoms with E-state index < -0.39 is 0 Å². The van der Waals surface area contributed by atoms with E-state index in [1.165, 1.54) is 17.8 Å². The number of nitrogens with one attached hydrogen (secondary N) is 1. The lowest BCUT2D eigenvalue weighted by atomic mass is 10.5. The molecule has 0 atom stereocenters. The number of nitrogens with zero attached hydrogens (tertiary/aromatic N) is 3. The third-order valence-corrected chi connectivity index (χ3v) is 3.22. The molecule has 2 N–H and O–H groups in total. The molecule has 17 heavy (non-hydrogen) atoms. The predicted octanol–water partition coefficient (Wildman–Crippen LogP) is 0.455. The molecule has 0 spiro atoms. The molecule has 90 valence electrons. The topological polar surface area (TPSA) is 83.8 Å². The maximum Gasteiger partial charge on any atom is 0.251 e. The van der Waals surface area contributed by atoms with Crippen molar-refractivity contribution in [2.75, 3.05) is 0 Å². The van der Waals surface area contributed by atoms with Crippen molar-refractivity contribution in [1.82, 2.24) is 19.5 Å². The third kappa shape index (κ3) is 2.56. The molecule has 0 saturated carbocycles. The quantitative estimate of drug-likeness (QED) is 0.775. The highest BCUT2D eigenvalue weighted by Crippen LogP contribution is 2.23. The van der Waals surface area contributed by atoms with Crippen LogP contribution < -0.4 is 5.56 Å². The number of aryl methyl sites for hydroxylation is 1. The second-order valence-electron chi connectivity index (χ2n) is 3.52. The zero-order valence-electron chi connectivity index (χ0n) is 9.47. The monoisotopic (exact) mass is 252 g/mol. The summed E-state index contributed by atoms with van der Waals surface area (Å²) in [5.41, 5.74) is 0.533. The molecule has 2 aromatic heterocycles. The summed E-state index contributed by atoms with van der Waals surface area (Å²) in [5.74, 6) is 0.566. The average Bonchev–Trinajstić information content (AvgIpc) is 2.58. The van der Waals surface area contributed by atoms with E-state index in [1.54, 1.807) is 24.7 Å². The van der Waals surface area contributed by atoms with Crippen LogP contribution in [0.2, 0.25) is 0 Å². The van der Waals surface area contributed by atoms with Gasteiger partial charge >= 0.3 is 0 Å². The van der Waals surface area contributed by atoms with Gasteiger partial charge in [-0.3, -0.25) is 4.79 Å². The fourth-order valence-electron chi connectivity index (χ4n) is 1.37. The zero-order valence-corrected chi connectivity index (χ0v) is 10.3. The van der Waals surface area contributed by atoms with Crippen molar-refractivity contribution >= 4 is 11.8 Å². The summed E-state index contributed by atoms with van der Waals surface area (Å²) in [7, 11) is 1.81. The Hall–Kier alpha value is -1.60. The lowest BCUT2D eigenvalue weighted by molar-refractivity contribution is 0.271. The highest BCUT2D eigenvalue weighted by atomic mass is 32.2. The van der Waals surface area contributed by atoms with E-state index in [0.29, 0.717) is 21.7 Å². The molecule has 0 bridgehead atoms. The van der Waals surface area contributed by atoms with Crippen LogP contribution in [-0.2, 0) is 13.7 Å². The third-order valence-electron chi connectivity index (χ3n) is 2.24. The minimum Gasteiger partial charge on any atom is -0.390 e. The molecule has 2 rings (SSSR count). The van der Waals surface area contributed by atoms with Gasteiger partial charge in [-0.1, -0.05) is 0 Å². The van der Waals surface area contributed by atoms with Crippen LogP contribution in [0.3, 0.4) is 0 Å². The van der Waals surface area contributed by atoms with Gasteiger partial charge in [0.2, 0.25) is 0 Å². The van der Waals surface area contributed by atoms with Crippen LogP contribution in [-0.4, -0.2) is 24.6 Å². The molecule has 0 aliphatic carbocycles. The Morgan fingerprint density at radius 3 is 2.94 bits per heavy atom. The Morgan fingerprint density at radius 1 is 1.59 bits per heavy atom. The number of H-pyrrole nitrogens is 1. The first-order valence-electron chi connectivity index (χ1n) is 4.97. The van der Waals surface area contributed by atoms with E-state index in [4.69, 9.17) is 5.11 Å². The molecule has 0 aliphatic heterocycles. The van der Waals surface area contributed by atoms with Crippen LogP contribution in [0.1, 0.15) is 11.5 Å². The van der Waals surface area contributed by atoms with Crippen LogP contribution in [0.5, 0.6) is 0 Å². The summed E-state index contributed by atoms with van der Waals surface area (Å²) in [6.45, 7) is 1.66. The van der Waals surface area contributed by atoms with Crippen molar-refractivity contribution in [3.05, 3.63) is 34.1 Å². The maximum absolute atomic E-state index is 11.3. The number of imidazole rings is 1. The summed E-state index contributed by atoms with van der Waals surface area (Å²) in [4.78, 5) is 22.2. The largest absolute Gasteiger partial charge is 0.390 e. The van der Waals surface area contributed by atoms with Gasteiger partial charge in [-0.15, -0.1) is 0 Å². The fraction of sp³-hybridized carbons (Fsp3) is 0.300. The van der Waals surface area contributed by atoms with Crippen LogP contribution >= 0.6 is 11.8 Å². The van der Waals surface area contributed by atoms with Gasteiger partial charge in [0.1, 0.15) is 10.9 Å². The van der Waals surface area contributed by atoms with E-state index in [-0.39, 0.29) is 12.2 Å². The number of aromatic amines is 1. The molecule has 0 fully saturated rings. The Morgan fingerprint density at radius 2 is 2.35 bits per heavy atom. The molecule has 0 aromatic carbocycles. The van der Waals surface area contributed by atoms with Crippen molar-refractivity contribution in [3.8, 4) is 0 Å². The fourth-order valence-corrected chi connectivity index (χ4v) is 2.26. The van der Waals surface area contributed by atoms with Crippen LogP contribution in [0.4, 0.5) is 0 Å². The maximum atomic E-state index is 11.3. The highest BCUT2D eigenvalue weighted by Gasteiger charge is 2.09. The molecule has 6 nitrogen and oxygen atoms in total. The van der Waals surface area contributed by atoms with Crippen LogP contribution in [0.25, 0.3) is 0 Å². The number of aliphatic hydroxyl groups excluding tert-OH is 1. The number of rotatable bonds is 3. The molecular weight excluding hydrogens is 240 g/mol. The summed E-state index contributed by atoms with van der Waals surface area (Å²) in [6.07, 6.45) is 1.60. The molecule has 0 radical (unpaired) electrons. The molecule has 7 heteroatoms.